The molecule has 1 amide bonds. The molecule has 2 N–H and O–H groups in total. The predicted molar refractivity (Wildman–Crippen MR) is 77.9 cm³/mol. The van der Waals surface area contributed by atoms with Gasteiger partial charge in [0.25, 0.3) is 0 Å². The molecule has 20 heavy (non-hydrogen) atoms. The lowest BCUT2D eigenvalue weighted by atomic mass is 9.91. The maximum Gasteiger partial charge on any atom is 0.240 e. The molecule has 110 valence electrons. The molecule has 0 bridgehead atoms. The third kappa shape index (κ3) is 3.18. The Kier molecular flexibility index (Phi) is 4.76. The minimum Gasteiger partial charge on any atom is -0.350 e. The highest BCUT2D eigenvalue weighted by molar-refractivity contribution is 5.86. The molecule has 1 heterocycles. The van der Waals surface area contributed by atoms with E-state index in [9.17, 15) is 9.18 Å². The third-order valence-electron chi connectivity index (χ3n) is 4.04. The van der Waals surface area contributed by atoms with Gasteiger partial charge in [0.2, 0.25) is 5.91 Å². The van der Waals surface area contributed by atoms with Gasteiger partial charge in [-0.2, -0.15) is 0 Å². The van der Waals surface area contributed by atoms with E-state index in [1.165, 1.54) is 6.07 Å². The predicted octanol–water partition coefficient (Wildman–Crippen LogP) is 2.67. The van der Waals surface area contributed by atoms with Crippen LogP contribution in [0, 0.1) is 12.7 Å². The second-order valence-corrected chi connectivity index (χ2v) is 5.63. The normalized spacial score (nSPS) is 21.9. The lowest BCUT2D eigenvalue weighted by Gasteiger charge is -2.27. The molecule has 1 aromatic carbocycles. The summed E-state index contributed by atoms with van der Waals surface area (Å²) < 4.78 is 13.5. The lowest BCUT2D eigenvalue weighted by molar-refractivity contribution is -0.127. The van der Waals surface area contributed by atoms with Crippen LogP contribution in [0.25, 0.3) is 0 Å². The largest absolute Gasteiger partial charge is 0.350 e. The van der Waals surface area contributed by atoms with Gasteiger partial charge in [-0.3, -0.25) is 4.79 Å². The minimum atomic E-state index is -0.419. The van der Waals surface area contributed by atoms with Crippen molar-refractivity contribution in [3.8, 4) is 0 Å². The molecule has 1 aromatic rings. The fraction of sp³-hybridized carbons (Fsp3) is 0.562. The van der Waals surface area contributed by atoms with Gasteiger partial charge in [0.05, 0.1) is 5.54 Å². The van der Waals surface area contributed by atoms with Crippen molar-refractivity contribution < 1.29 is 9.18 Å². The number of benzene rings is 1. The zero-order valence-corrected chi connectivity index (χ0v) is 12.3. The molecule has 3 nitrogen and oxygen atoms in total. The van der Waals surface area contributed by atoms with Crippen LogP contribution in [-0.2, 0) is 11.3 Å². The summed E-state index contributed by atoms with van der Waals surface area (Å²) in [6, 6.07) is 5.09. The van der Waals surface area contributed by atoms with Crippen molar-refractivity contribution in [3.63, 3.8) is 0 Å². The van der Waals surface area contributed by atoms with Crippen LogP contribution in [0.1, 0.15) is 43.7 Å². The molecule has 1 atom stereocenters. The molecule has 0 radical (unpaired) electrons. The van der Waals surface area contributed by atoms with E-state index in [2.05, 4.69) is 17.6 Å². The highest BCUT2D eigenvalue weighted by Crippen LogP contribution is 2.25. The first kappa shape index (κ1) is 15.0. The smallest absolute Gasteiger partial charge is 0.240 e. The molecule has 0 spiro atoms. The Bertz CT molecular complexity index is 481. The SMILES string of the molecule is CCCC1(C(=O)NCc2ccc(C)c(F)c2)CCCN1. The highest BCUT2D eigenvalue weighted by Gasteiger charge is 2.39. The molecule has 1 aliphatic rings. The van der Waals surface area contributed by atoms with Gasteiger partial charge in [0.15, 0.2) is 0 Å². The summed E-state index contributed by atoms with van der Waals surface area (Å²) in [6.07, 6.45) is 3.74. The minimum absolute atomic E-state index is 0.0397. The van der Waals surface area contributed by atoms with Crippen LogP contribution in [0.4, 0.5) is 4.39 Å². The molecule has 4 heteroatoms. The maximum absolute atomic E-state index is 13.5. The van der Waals surface area contributed by atoms with Crippen molar-refractivity contribution in [2.24, 2.45) is 0 Å². The van der Waals surface area contributed by atoms with E-state index < -0.39 is 5.54 Å². The van der Waals surface area contributed by atoms with Crippen LogP contribution >= 0.6 is 0 Å². The second kappa shape index (κ2) is 6.35. The van der Waals surface area contributed by atoms with E-state index in [1.807, 2.05) is 6.07 Å². The van der Waals surface area contributed by atoms with Gasteiger partial charge in [-0.15, -0.1) is 0 Å². The van der Waals surface area contributed by atoms with Crippen molar-refractivity contribution in [2.75, 3.05) is 6.54 Å². The average molecular weight is 278 g/mol. The number of carbonyl (C=O) groups is 1. The summed E-state index contributed by atoms with van der Waals surface area (Å²) in [7, 11) is 0. The summed E-state index contributed by atoms with van der Waals surface area (Å²) in [4.78, 5) is 12.4. The van der Waals surface area contributed by atoms with E-state index >= 15 is 0 Å². The van der Waals surface area contributed by atoms with Gasteiger partial charge >= 0.3 is 0 Å². The van der Waals surface area contributed by atoms with Crippen LogP contribution in [0.15, 0.2) is 18.2 Å². The zero-order chi connectivity index (χ0) is 14.6. The van der Waals surface area contributed by atoms with E-state index in [0.29, 0.717) is 12.1 Å². The molecule has 1 fully saturated rings. The fourth-order valence-corrected chi connectivity index (χ4v) is 2.85. The molecule has 1 saturated heterocycles. The van der Waals surface area contributed by atoms with Gasteiger partial charge in [-0.25, -0.2) is 4.39 Å². The quantitative estimate of drug-likeness (QED) is 0.869. The topological polar surface area (TPSA) is 41.1 Å². The molecule has 0 aliphatic carbocycles. The lowest BCUT2D eigenvalue weighted by Crippen LogP contribution is -2.53. The van der Waals surface area contributed by atoms with Gasteiger partial charge in [-0.1, -0.05) is 25.5 Å². The van der Waals surface area contributed by atoms with E-state index in [0.717, 1.165) is 37.8 Å². The maximum atomic E-state index is 13.5. The van der Waals surface area contributed by atoms with Gasteiger partial charge < -0.3 is 10.6 Å². The first-order valence-corrected chi connectivity index (χ1v) is 7.36. The highest BCUT2D eigenvalue weighted by atomic mass is 19.1. The molecular formula is C16H23FN2O. The number of amides is 1. The van der Waals surface area contributed by atoms with E-state index in [-0.39, 0.29) is 11.7 Å². The van der Waals surface area contributed by atoms with Crippen LogP contribution in [0.3, 0.4) is 0 Å². The summed E-state index contributed by atoms with van der Waals surface area (Å²) in [6.45, 7) is 5.09. The van der Waals surface area contributed by atoms with Gasteiger partial charge in [-0.05, 0) is 49.9 Å². The Hall–Kier alpha value is -1.42. The fourth-order valence-electron chi connectivity index (χ4n) is 2.85. The number of nitrogens with one attached hydrogen (secondary N) is 2. The number of hydrogen-bond acceptors (Lipinski definition) is 2. The standard InChI is InChI=1S/C16H23FN2O/c1-3-7-16(8-4-9-19-16)15(20)18-11-13-6-5-12(2)14(17)10-13/h5-6,10,19H,3-4,7-9,11H2,1-2H3,(H,18,20). The number of carbonyl (C=O) groups excluding carboxylic acids is 1. The summed E-state index contributed by atoms with van der Waals surface area (Å²) in [5.74, 6) is -0.183. The Morgan fingerprint density at radius 2 is 2.30 bits per heavy atom. The summed E-state index contributed by atoms with van der Waals surface area (Å²) >= 11 is 0. The van der Waals surface area contributed by atoms with E-state index in [1.54, 1.807) is 13.0 Å². The molecule has 2 rings (SSSR count). The molecular weight excluding hydrogens is 255 g/mol. The Morgan fingerprint density at radius 3 is 2.90 bits per heavy atom. The van der Waals surface area contributed by atoms with Crippen molar-refractivity contribution in [1.82, 2.24) is 10.6 Å². The van der Waals surface area contributed by atoms with Crippen molar-refractivity contribution >= 4 is 5.91 Å². The van der Waals surface area contributed by atoms with Gasteiger partial charge in [0, 0.05) is 6.54 Å². The van der Waals surface area contributed by atoms with Gasteiger partial charge in [0.1, 0.15) is 5.82 Å². The number of rotatable bonds is 5. The third-order valence-corrected chi connectivity index (χ3v) is 4.04. The number of halogens is 1. The number of aryl methyl sites for hydroxylation is 1. The second-order valence-electron chi connectivity index (χ2n) is 5.63. The Balaban J connectivity index is 1.98. The van der Waals surface area contributed by atoms with Crippen molar-refractivity contribution in [2.45, 2.75) is 51.6 Å². The average Bonchev–Trinajstić information content (AvgIpc) is 2.90. The summed E-state index contributed by atoms with van der Waals surface area (Å²) in [5.41, 5.74) is 1.00. The number of hydrogen-bond donors (Lipinski definition) is 2. The van der Waals surface area contributed by atoms with Crippen LogP contribution in [-0.4, -0.2) is 18.0 Å². The van der Waals surface area contributed by atoms with E-state index in [4.69, 9.17) is 0 Å². The molecule has 1 aliphatic heterocycles. The molecule has 0 saturated carbocycles. The van der Waals surface area contributed by atoms with Crippen LogP contribution in [0.5, 0.6) is 0 Å². The first-order chi connectivity index (χ1) is 9.57. The van der Waals surface area contributed by atoms with Crippen LogP contribution < -0.4 is 10.6 Å². The Morgan fingerprint density at radius 1 is 1.50 bits per heavy atom. The molecule has 1 unspecified atom stereocenters. The van der Waals surface area contributed by atoms with Crippen molar-refractivity contribution in [3.05, 3.63) is 35.1 Å². The Labute approximate surface area is 120 Å². The van der Waals surface area contributed by atoms with Crippen molar-refractivity contribution in [1.29, 1.82) is 0 Å². The summed E-state index contributed by atoms with van der Waals surface area (Å²) in [5, 5.41) is 6.29. The zero-order valence-electron chi connectivity index (χ0n) is 12.3. The first-order valence-electron chi connectivity index (χ1n) is 7.36. The van der Waals surface area contributed by atoms with Crippen LogP contribution in [0.2, 0.25) is 0 Å². The molecule has 0 aromatic heterocycles. The monoisotopic (exact) mass is 278 g/mol.